The molecule has 3 heteroatoms. The summed E-state index contributed by atoms with van der Waals surface area (Å²) in [7, 11) is 0. The van der Waals surface area contributed by atoms with E-state index in [1.807, 2.05) is 0 Å². The Morgan fingerprint density at radius 1 is 1.31 bits per heavy atom. The van der Waals surface area contributed by atoms with Crippen molar-refractivity contribution in [2.24, 2.45) is 29.4 Å². The maximum atomic E-state index is 11.0. The molecule has 0 radical (unpaired) electrons. The van der Waals surface area contributed by atoms with Gasteiger partial charge in [0, 0.05) is 11.8 Å². The standard InChI is InChI=1S/C10H17NO2/c1-6-3-8(5-12)9(10(11)13)4-7(6)2/h5-9H,3-4H2,1-2H3,(H2,11,13). The number of aldehydes is 1. The fourth-order valence-electron chi connectivity index (χ4n) is 2.11. The zero-order valence-corrected chi connectivity index (χ0v) is 8.19. The topological polar surface area (TPSA) is 60.2 Å². The maximum absolute atomic E-state index is 11.0. The smallest absolute Gasteiger partial charge is 0.221 e. The molecule has 13 heavy (non-hydrogen) atoms. The van der Waals surface area contributed by atoms with Crippen molar-refractivity contribution >= 4 is 12.2 Å². The van der Waals surface area contributed by atoms with Crippen LogP contribution in [0.25, 0.3) is 0 Å². The third-order valence-electron chi connectivity index (χ3n) is 3.30. The molecule has 1 fully saturated rings. The van der Waals surface area contributed by atoms with E-state index in [-0.39, 0.29) is 17.7 Å². The molecule has 0 bridgehead atoms. The summed E-state index contributed by atoms with van der Waals surface area (Å²) in [5, 5.41) is 0. The Morgan fingerprint density at radius 3 is 2.31 bits per heavy atom. The summed E-state index contributed by atoms with van der Waals surface area (Å²) in [6.07, 6.45) is 2.45. The number of amides is 1. The summed E-state index contributed by atoms with van der Waals surface area (Å²) >= 11 is 0. The molecule has 1 aliphatic carbocycles. The minimum atomic E-state index is -0.323. The van der Waals surface area contributed by atoms with Gasteiger partial charge in [0.05, 0.1) is 0 Å². The highest BCUT2D eigenvalue weighted by Crippen LogP contribution is 2.36. The van der Waals surface area contributed by atoms with Gasteiger partial charge >= 0.3 is 0 Å². The van der Waals surface area contributed by atoms with Crippen LogP contribution in [0.15, 0.2) is 0 Å². The number of primary amides is 1. The summed E-state index contributed by atoms with van der Waals surface area (Å²) in [5.74, 6) is 0.308. The molecule has 0 saturated heterocycles. The van der Waals surface area contributed by atoms with Crippen LogP contribution >= 0.6 is 0 Å². The third-order valence-corrected chi connectivity index (χ3v) is 3.30. The van der Waals surface area contributed by atoms with Gasteiger partial charge in [0.15, 0.2) is 0 Å². The molecule has 3 nitrogen and oxygen atoms in total. The first kappa shape index (κ1) is 10.2. The first-order valence-corrected chi connectivity index (χ1v) is 4.80. The minimum absolute atomic E-state index is 0.149. The summed E-state index contributed by atoms with van der Waals surface area (Å²) in [4.78, 5) is 21.8. The van der Waals surface area contributed by atoms with E-state index in [9.17, 15) is 9.59 Å². The van der Waals surface area contributed by atoms with Crippen LogP contribution in [-0.2, 0) is 9.59 Å². The second kappa shape index (κ2) is 3.90. The van der Waals surface area contributed by atoms with Crippen LogP contribution in [0.3, 0.4) is 0 Å². The second-order valence-corrected chi connectivity index (χ2v) is 4.23. The Kier molecular flexibility index (Phi) is 3.07. The van der Waals surface area contributed by atoms with Crippen LogP contribution in [0.1, 0.15) is 26.7 Å². The number of hydrogen-bond donors (Lipinski definition) is 1. The highest BCUT2D eigenvalue weighted by Gasteiger charge is 2.35. The van der Waals surface area contributed by atoms with Crippen LogP contribution in [0, 0.1) is 23.7 Å². The molecule has 0 aromatic heterocycles. The largest absolute Gasteiger partial charge is 0.369 e. The molecular weight excluding hydrogens is 166 g/mol. The Hall–Kier alpha value is -0.860. The molecule has 4 atom stereocenters. The van der Waals surface area contributed by atoms with Gasteiger partial charge in [0.25, 0.3) is 0 Å². The molecule has 0 heterocycles. The lowest BCUT2D eigenvalue weighted by molar-refractivity contribution is -0.130. The third kappa shape index (κ3) is 2.08. The zero-order valence-electron chi connectivity index (χ0n) is 8.19. The average molecular weight is 183 g/mol. The molecule has 0 aliphatic heterocycles. The molecule has 1 rings (SSSR count). The molecule has 4 unspecified atom stereocenters. The van der Waals surface area contributed by atoms with Crippen LogP contribution in [0.5, 0.6) is 0 Å². The van der Waals surface area contributed by atoms with E-state index < -0.39 is 0 Å². The Bertz CT molecular complexity index is 215. The first-order valence-electron chi connectivity index (χ1n) is 4.80. The number of hydrogen-bond acceptors (Lipinski definition) is 2. The van der Waals surface area contributed by atoms with E-state index in [4.69, 9.17) is 5.73 Å². The molecule has 1 aliphatic rings. The molecule has 0 aromatic carbocycles. The molecule has 1 amide bonds. The lowest BCUT2D eigenvalue weighted by Crippen LogP contribution is -2.38. The van der Waals surface area contributed by atoms with Gasteiger partial charge in [0.2, 0.25) is 5.91 Å². The van der Waals surface area contributed by atoms with Crippen molar-refractivity contribution in [2.75, 3.05) is 0 Å². The van der Waals surface area contributed by atoms with Crippen LogP contribution in [-0.4, -0.2) is 12.2 Å². The fourth-order valence-corrected chi connectivity index (χ4v) is 2.11. The molecule has 2 N–H and O–H groups in total. The monoisotopic (exact) mass is 183 g/mol. The Labute approximate surface area is 78.7 Å². The highest BCUT2D eigenvalue weighted by atomic mass is 16.1. The van der Waals surface area contributed by atoms with Crippen molar-refractivity contribution < 1.29 is 9.59 Å². The van der Waals surface area contributed by atoms with E-state index in [1.54, 1.807) is 0 Å². The van der Waals surface area contributed by atoms with E-state index in [2.05, 4.69) is 13.8 Å². The molecule has 0 aromatic rings. The van der Waals surface area contributed by atoms with Crippen molar-refractivity contribution in [1.29, 1.82) is 0 Å². The molecule has 1 saturated carbocycles. The molecular formula is C10H17NO2. The van der Waals surface area contributed by atoms with Gasteiger partial charge in [-0.05, 0) is 24.7 Å². The van der Waals surface area contributed by atoms with Crippen LogP contribution in [0.4, 0.5) is 0 Å². The average Bonchev–Trinajstić information content (AvgIpc) is 2.08. The van der Waals surface area contributed by atoms with E-state index >= 15 is 0 Å². The predicted molar refractivity (Wildman–Crippen MR) is 49.8 cm³/mol. The van der Waals surface area contributed by atoms with Gasteiger partial charge in [-0.3, -0.25) is 4.79 Å². The Morgan fingerprint density at radius 2 is 1.85 bits per heavy atom. The number of carbonyl (C=O) groups excluding carboxylic acids is 2. The van der Waals surface area contributed by atoms with Crippen molar-refractivity contribution in [1.82, 2.24) is 0 Å². The van der Waals surface area contributed by atoms with E-state index in [0.29, 0.717) is 11.8 Å². The van der Waals surface area contributed by atoms with Crippen molar-refractivity contribution in [2.45, 2.75) is 26.7 Å². The van der Waals surface area contributed by atoms with E-state index in [0.717, 1.165) is 19.1 Å². The van der Waals surface area contributed by atoms with E-state index in [1.165, 1.54) is 0 Å². The number of rotatable bonds is 2. The van der Waals surface area contributed by atoms with Gasteiger partial charge in [-0.2, -0.15) is 0 Å². The summed E-state index contributed by atoms with van der Waals surface area (Å²) in [5.41, 5.74) is 5.24. The predicted octanol–water partition coefficient (Wildman–Crippen LogP) is 0.969. The lowest BCUT2D eigenvalue weighted by atomic mass is 9.70. The number of carbonyl (C=O) groups is 2. The lowest BCUT2D eigenvalue weighted by Gasteiger charge is -2.34. The fraction of sp³-hybridized carbons (Fsp3) is 0.800. The summed E-state index contributed by atoms with van der Waals surface area (Å²) < 4.78 is 0. The van der Waals surface area contributed by atoms with Crippen LogP contribution < -0.4 is 5.73 Å². The molecule has 0 spiro atoms. The minimum Gasteiger partial charge on any atom is -0.369 e. The molecule has 74 valence electrons. The van der Waals surface area contributed by atoms with Crippen LogP contribution in [0.2, 0.25) is 0 Å². The summed E-state index contributed by atoms with van der Waals surface area (Å²) in [6, 6.07) is 0. The Balaban J connectivity index is 2.71. The van der Waals surface area contributed by atoms with Crippen molar-refractivity contribution in [3.8, 4) is 0 Å². The quantitative estimate of drug-likeness (QED) is 0.648. The van der Waals surface area contributed by atoms with Gasteiger partial charge in [-0.25, -0.2) is 0 Å². The number of nitrogens with two attached hydrogens (primary N) is 1. The maximum Gasteiger partial charge on any atom is 0.221 e. The summed E-state index contributed by atoms with van der Waals surface area (Å²) in [6.45, 7) is 4.24. The van der Waals surface area contributed by atoms with Gasteiger partial charge in [0.1, 0.15) is 6.29 Å². The highest BCUT2D eigenvalue weighted by molar-refractivity contribution is 5.80. The SMILES string of the molecule is CC1CC(C=O)C(C(N)=O)CC1C. The van der Waals surface area contributed by atoms with Gasteiger partial charge < -0.3 is 10.5 Å². The van der Waals surface area contributed by atoms with Crippen molar-refractivity contribution in [3.05, 3.63) is 0 Å². The second-order valence-electron chi connectivity index (χ2n) is 4.23. The van der Waals surface area contributed by atoms with Gasteiger partial charge in [-0.1, -0.05) is 13.8 Å². The van der Waals surface area contributed by atoms with Crippen molar-refractivity contribution in [3.63, 3.8) is 0 Å². The van der Waals surface area contributed by atoms with Gasteiger partial charge in [-0.15, -0.1) is 0 Å². The first-order chi connectivity index (χ1) is 6.06. The zero-order chi connectivity index (χ0) is 10.0. The normalized spacial score (nSPS) is 39.8.